The van der Waals surface area contributed by atoms with Gasteiger partial charge >= 0.3 is 0 Å². The Morgan fingerprint density at radius 2 is 2.15 bits per heavy atom. The van der Waals surface area contributed by atoms with E-state index in [2.05, 4.69) is 27.8 Å². The summed E-state index contributed by atoms with van der Waals surface area (Å²) in [6.45, 7) is -0.171. The predicted octanol–water partition coefficient (Wildman–Crippen LogP) is 1.63. The van der Waals surface area contributed by atoms with Crippen molar-refractivity contribution in [1.82, 2.24) is 0 Å². The molecule has 1 rings (SSSR count). The quantitative estimate of drug-likeness (QED) is 0.579. The molecule has 0 aliphatic carbocycles. The third-order valence-electron chi connectivity index (χ3n) is 1.55. The van der Waals surface area contributed by atoms with Crippen LogP contribution in [0.25, 0.3) is 0 Å². The zero-order valence-electron chi connectivity index (χ0n) is 6.92. The van der Waals surface area contributed by atoms with Crippen molar-refractivity contribution in [3.8, 4) is 17.6 Å². The standard InChI is InChI=1S/C10H9BrO2/c11-5-1-2-8-3-4-10(13)9(6-8)7-12/h3-4,6,12-13H,5,7H2. The molecular formula is C10H9BrO2. The van der Waals surface area contributed by atoms with E-state index < -0.39 is 0 Å². The lowest BCUT2D eigenvalue weighted by molar-refractivity contribution is 0.275. The lowest BCUT2D eigenvalue weighted by Gasteiger charge is -2.00. The summed E-state index contributed by atoms with van der Waals surface area (Å²) in [4.78, 5) is 0. The third kappa shape index (κ3) is 2.76. The molecule has 0 unspecified atom stereocenters. The molecule has 0 saturated carbocycles. The average molecular weight is 241 g/mol. The van der Waals surface area contributed by atoms with Crippen molar-refractivity contribution in [2.24, 2.45) is 0 Å². The molecule has 0 aromatic heterocycles. The Balaban J connectivity index is 2.99. The van der Waals surface area contributed by atoms with Crippen LogP contribution in [0.4, 0.5) is 0 Å². The monoisotopic (exact) mass is 240 g/mol. The van der Waals surface area contributed by atoms with E-state index in [-0.39, 0.29) is 12.4 Å². The minimum absolute atomic E-state index is 0.104. The van der Waals surface area contributed by atoms with Gasteiger partial charge in [0.05, 0.1) is 11.9 Å². The highest BCUT2D eigenvalue weighted by Crippen LogP contribution is 2.17. The Kier molecular flexibility index (Phi) is 3.81. The molecule has 2 nitrogen and oxygen atoms in total. The van der Waals surface area contributed by atoms with Gasteiger partial charge in [-0.1, -0.05) is 27.8 Å². The zero-order chi connectivity index (χ0) is 9.68. The Morgan fingerprint density at radius 1 is 1.38 bits per heavy atom. The summed E-state index contributed by atoms with van der Waals surface area (Å²) in [6.07, 6.45) is 0. The predicted molar refractivity (Wildman–Crippen MR) is 54.7 cm³/mol. The first-order valence-electron chi connectivity index (χ1n) is 3.75. The van der Waals surface area contributed by atoms with Crippen LogP contribution in [-0.2, 0) is 6.61 Å². The zero-order valence-corrected chi connectivity index (χ0v) is 8.50. The second-order valence-electron chi connectivity index (χ2n) is 2.44. The molecule has 0 bridgehead atoms. The van der Waals surface area contributed by atoms with Crippen molar-refractivity contribution in [2.75, 3.05) is 5.33 Å². The fourth-order valence-electron chi connectivity index (χ4n) is 0.925. The van der Waals surface area contributed by atoms with Gasteiger partial charge in [0.15, 0.2) is 0 Å². The summed E-state index contributed by atoms with van der Waals surface area (Å²) >= 11 is 3.18. The van der Waals surface area contributed by atoms with E-state index in [9.17, 15) is 5.11 Å². The molecule has 1 aromatic rings. The van der Waals surface area contributed by atoms with E-state index in [1.807, 2.05) is 0 Å². The van der Waals surface area contributed by atoms with Crippen LogP contribution in [0.15, 0.2) is 18.2 Å². The molecular weight excluding hydrogens is 232 g/mol. The molecule has 13 heavy (non-hydrogen) atoms. The molecule has 0 fully saturated rings. The number of phenols is 1. The molecule has 1 aromatic carbocycles. The molecule has 0 spiro atoms. The van der Waals surface area contributed by atoms with Gasteiger partial charge in [-0.15, -0.1) is 0 Å². The minimum atomic E-state index is -0.171. The van der Waals surface area contributed by atoms with Gasteiger partial charge in [-0.05, 0) is 18.2 Å². The molecule has 0 aliphatic rings. The van der Waals surface area contributed by atoms with E-state index in [0.717, 1.165) is 5.56 Å². The normalized spacial score (nSPS) is 9.08. The largest absolute Gasteiger partial charge is 0.508 e. The highest BCUT2D eigenvalue weighted by molar-refractivity contribution is 9.09. The van der Waals surface area contributed by atoms with Crippen LogP contribution >= 0.6 is 15.9 Å². The Hall–Kier alpha value is -0.980. The van der Waals surface area contributed by atoms with Gasteiger partial charge in [0, 0.05) is 11.1 Å². The number of aliphatic hydroxyl groups excluding tert-OH is 1. The van der Waals surface area contributed by atoms with Gasteiger partial charge in [-0.3, -0.25) is 0 Å². The molecule has 0 heterocycles. The fraction of sp³-hybridized carbons (Fsp3) is 0.200. The van der Waals surface area contributed by atoms with Gasteiger partial charge in [0.1, 0.15) is 5.75 Å². The Bertz CT molecular complexity index is 350. The molecule has 0 aliphatic heterocycles. The Labute approximate surface area is 85.3 Å². The smallest absolute Gasteiger partial charge is 0.121 e. The van der Waals surface area contributed by atoms with E-state index in [4.69, 9.17) is 5.11 Å². The average Bonchev–Trinajstić information content (AvgIpc) is 2.16. The molecule has 0 radical (unpaired) electrons. The molecule has 2 N–H and O–H groups in total. The molecule has 0 amide bonds. The highest BCUT2D eigenvalue weighted by atomic mass is 79.9. The first-order valence-corrected chi connectivity index (χ1v) is 4.87. The lowest BCUT2D eigenvalue weighted by atomic mass is 10.1. The van der Waals surface area contributed by atoms with E-state index in [0.29, 0.717) is 10.9 Å². The highest BCUT2D eigenvalue weighted by Gasteiger charge is 1.98. The number of alkyl halides is 1. The van der Waals surface area contributed by atoms with Gasteiger partial charge in [0.25, 0.3) is 0 Å². The van der Waals surface area contributed by atoms with Crippen LogP contribution in [0.1, 0.15) is 11.1 Å². The lowest BCUT2D eigenvalue weighted by Crippen LogP contribution is -1.85. The Morgan fingerprint density at radius 3 is 2.77 bits per heavy atom. The summed E-state index contributed by atoms with van der Waals surface area (Å²) in [5, 5.41) is 18.7. The maximum atomic E-state index is 9.24. The van der Waals surface area contributed by atoms with Crippen molar-refractivity contribution in [3.05, 3.63) is 29.3 Å². The summed E-state index contributed by atoms with van der Waals surface area (Å²) in [7, 11) is 0. The number of aliphatic hydroxyl groups is 1. The van der Waals surface area contributed by atoms with Crippen LogP contribution in [-0.4, -0.2) is 15.5 Å². The fourth-order valence-corrected chi connectivity index (χ4v) is 1.07. The number of rotatable bonds is 1. The van der Waals surface area contributed by atoms with E-state index in [1.165, 1.54) is 6.07 Å². The molecule has 68 valence electrons. The van der Waals surface area contributed by atoms with E-state index in [1.54, 1.807) is 12.1 Å². The minimum Gasteiger partial charge on any atom is -0.508 e. The van der Waals surface area contributed by atoms with Gasteiger partial charge < -0.3 is 10.2 Å². The first kappa shape index (κ1) is 10.1. The maximum absolute atomic E-state index is 9.24. The third-order valence-corrected chi connectivity index (χ3v) is 1.83. The first-order chi connectivity index (χ1) is 6.27. The van der Waals surface area contributed by atoms with Crippen LogP contribution in [0, 0.1) is 11.8 Å². The van der Waals surface area contributed by atoms with Crippen LogP contribution in [0.2, 0.25) is 0 Å². The number of aromatic hydroxyl groups is 1. The van der Waals surface area contributed by atoms with Crippen LogP contribution < -0.4 is 0 Å². The topological polar surface area (TPSA) is 40.5 Å². The second-order valence-corrected chi connectivity index (χ2v) is 3.00. The number of benzene rings is 1. The van der Waals surface area contributed by atoms with Gasteiger partial charge in [-0.2, -0.15) is 0 Å². The molecule has 0 saturated heterocycles. The summed E-state index contributed by atoms with van der Waals surface area (Å²) < 4.78 is 0. The van der Waals surface area contributed by atoms with E-state index >= 15 is 0 Å². The van der Waals surface area contributed by atoms with Crippen molar-refractivity contribution in [2.45, 2.75) is 6.61 Å². The van der Waals surface area contributed by atoms with Crippen molar-refractivity contribution in [3.63, 3.8) is 0 Å². The summed E-state index contributed by atoms with van der Waals surface area (Å²) in [6, 6.07) is 4.92. The number of hydrogen-bond acceptors (Lipinski definition) is 2. The van der Waals surface area contributed by atoms with Crippen LogP contribution in [0.3, 0.4) is 0 Å². The molecule has 0 atom stereocenters. The summed E-state index contributed by atoms with van der Waals surface area (Å²) in [5.74, 6) is 5.82. The van der Waals surface area contributed by atoms with Crippen molar-refractivity contribution in [1.29, 1.82) is 0 Å². The van der Waals surface area contributed by atoms with Crippen molar-refractivity contribution < 1.29 is 10.2 Å². The summed E-state index contributed by atoms with van der Waals surface area (Å²) in [5.41, 5.74) is 1.29. The maximum Gasteiger partial charge on any atom is 0.121 e. The SMILES string of the molecule is OCc1cc(C#CCBr)ccc1O. The van der Waals surface area contributed by atoms with Crippen molar-refractivity contribution >= 4 is 15.9 Å². The number of halogens is 1. The molecule has 3 heteroatoms. The van der Waals surface area contributed by atoms with Crippen LogP contribution in [0.5, 0.6) is 5.75 Å². The van der Waals surface area contributed by atoms with Gasteiger partial charge in [0.2, 0.25) is 0 Å². The van der Waals surface area contributed by atoms with Gasteiger partial charge in [-0.25, -0.2) is 0 Å². The second kappa shape index (κ2) is 4.90. The number of hydrogen-bond donors (Lipinski definition) is 2.